The first-order valence-corrected chi connectivity index (χ1v) is 11.0. The molecule has 6 rings (SSSR count). The van der Waals surface area contributed by atoms with E-state index in [1.165, 1.54) is 0 Å². The van der Waals surface area contributed by atoms with E-state index in [-0.39, 0.29) is 24.4 Å². The van der Waals surface area contributed by atoms with Crippen LogP contribution in [0.25, 0.3) is 10.9 Å². The highest BCUT2D eigenvalue weighted by Crippen LogP contribution is 2.42. The maximum absolute atomic E-state index is 13.7. The van der Waals surface area contributed by atoms with Crippen LogP contribution in [0.4, 0.5) is 0 Å². The van der Waals surface area contributed by atoms with Crippen molar-refractivity contribution >= 4 is 22.7 Å². The van der Waals surface area contributed by atoms with Crippen LogP contribution >= 0.6 is 0 Å². The van der Waals surface area contributed by atoms with Gasteiger partial charge in [-0.15, -0.1) is 0 Å². The Kier molecular flexibility index (Phi) is 4.35. The quantitative estimate of drug-likeness (QED) is 0.543. The predicted octanol–water partition coefficient (Wildman–Crippen LogP) is 4.05. The molecule has 2 amide bonds. The number of fused-ring (bicyclic) bond motifs is 4. The molecule has 0 bridgehead atoms. The molecule has 3 heterocycles. The SMILES string of the molecule is O=C1C2Cc3c([nH]c4ccccc34)C(c3ccccc3)N2C(=O)CN1Cc1ccccc1. The van der Waals surface area contributed by atoms with Crippen LogP contribution in [0.5, 0.6) is 0 Å². The van der Waals surface area contributed by atoms with Crippen LogP contribution in [0, 0.1) is 0 Å². The average Bonchev–Trinajstić information content (AvgIpc) is 3.21. The Morgan fingerprint density at radius 3 is 2.31 bits per heavy atom. The van der Waals surface area contributed by atoms with Crippen molar-refractivity contribution in [2.24, 2.45) is 0 Å². The number of amides is 2. The highest BCUT2D eigenvalue weighted by molar-refractivity contribution is 5.97. The molecular formula is C27H23N3O2. The summed E-state index contributed by atoms with van der Waals surface area (Å²) < 4.78 is 0. The van der Waals surface area contributed by atoms with E-state index in [1.807, 2.05) is 77.7 Å². The molecular weight excluding hydrogens is 398 g/mol. The molecule has 0 spiro atoms. The Morgan fingerprint density at radius 2 is 1.53 bits per heavy atom. The van der Waals surface area contributed by atoms with E-state index in [0.717, 1.165) is 33.3 Å². The molecule has 3 aromatic carbocycles. The third kappa shape index (κ3) is 2.93. The van der Waals surface area contributed by atoms with Gasteiger partial charge in [-0.2, -0.15) is 0 Å². The van der Waals surface area contributed by atoms with E-state index in [9.17, 15) is 9.59 Å². The third-order valence-corrected chi connectivity index (χ3v) is 6.67. The third-order valence-electron chi connectivity index (χ3n) is 6.67. The topological polar surface area (TPSA) is 56.4 Å². The second kappa shape index (κ2) is 7.38. The summed E-state index contributed by atoms with van der Waals surface area (Å²) in [5.41, 5.74) is 5.25. The van der Waals surface area contributed by atoms with Gasteiger partial charge >= 0.3 is 0 Å². The summed E-state index contributed by atoms with van der Waals surface area (Å²) in [5, 5.41) is 1.13. The number of piperazine rings is 1. The number of para-hydroxylation sites is 1. The van der Waals surface area contributed by atoms with Crippen molar-refractivity contribution in [1.29, 1.82) is 0 Å². The van der Waals surface area contributed by atoms with Crippen molar-refractivity contribution < 1.29 is 9.59 Å². The number of carbonyl (C=O) groups is 2. The van der Waals surface area contributed by atoms with Crippen molar-refractivity contribution in [3.8, 4) is 0 Å². The summed E-state index contributed by atoms with van der Waals surface area (Å²) in [6, 6.07) is 27.3. The molecule has 158 valence electrons. The van der Waals surface area contributed by atoms with Gasteiger partial charge in [0, 0.05) is 29.6 Å². The largest absolute Gasteiger partial charge is 0.356 e. The molecule has 1 N–H and O–H groups in total. The molecule has 4 aromatic rings. The zero-order chi connectivity index (χ0) is 21.7. The molecule has 32 heavy (non-hydrogen) atoms. The van der Waals surface area contributed by atoms with Crippen molar-refractivity contribution in [2.45, 2.75) is 25.0 Å². The number of rotatable bonds is 3. The number of H-pyrrole nitrogens is 1. The number of nitrogens with zero attached hydrogens (tertiary/aromatic N) is 2. The van der Waals surface area contributed by atoms with Gasteiger partial charge in [-0.1, -0.05) is 78.9 Å². The number of nitrogens with one attached hydrogen (secondary N) is 1. The predicted molar refractivity (Wildman–Crippen MR) is 123 cm³/mol. The Labute approximate surface area is 186 Å². The van der Waals surface area contributed by atoms with Crippen molar-refractivity contribution in [2.75, 3.05) is 6.54 Å². The summed E-state index contributed by atoms with van der Waals surface area (Å²) in [6.45, 7) is 0.551. The van der Waals surface area contributed by atoms with Gasteiger partial charge in [0.15, 0.2) is 0 Å². The molecule has 1 aromatic heterocycles. The van der Waals surface area contributed by atoms with Crippen molar-refractivity contribution in [3.63, 3.8) is 0 Å². The highest BCUT2D eigenvalue weighted by atomic mass is 16.2. The van der Waals surface area contributed by atoms with E-state index < -0.39 is 6.04 Å². The highest BCUT2D eigenvalue weighted by Gasteiger charge is 2.48. The minimum absolute atomic E-state index is 0.0105. The minimum atomic E-state index is -0.503. The maximum atomic E-state index is 13.7. The minimum Gasteiger partial charge on any atom is -0.356 e. The number of benzene rings is 3. The number of aromatic amines is 1. The smallest absolute Gasteiger partial charge is 0.246 e. The van der Waals surface area contributed by atoms with Crippen LogP contribution in [-0.2, 0) is 22.6 Å². The lowest BCUT2D eigenvalue weighted by Gasteiger charge is -2.47. The van der Waals surface area contributed by atoms with Gasteiger partial charge in [0.2, 0.25) is 11.8 Å². The van der Waals surface area contributed by atoms with Gasteiger partial charge in [0.25, 0.3) is 0 Å². The number of carbonyl (C=O) groups excluding carboxylic acids is 2. The lowest BCUT2D eigenvalue weighted by atomic mass is 9.86. The molecule has 1 fully saturated rings. The van der Waals surface area contributed by atoms with Crippen LogP contribution in [0.1, 0.15) is 28.4 Å². The summed E-state index contributed by atoms with van der Waals surface area (Å²) in [6.07, 6.45) is 0.526. The van der Waals surface area contributed by atoms with E-state index >= 15 is 0 Å². The first kappa shape index (κ1) is 18.9. The Morgan fingerprint density at radius 1 is 0.844 bits per heavy atom. The summed E-state index contributed by atoms with van der Waals surface area (Å²) in [4.78, 5) is 34.3. The monoisotopic (exact) mass is 421 g/mol. The fraction of sp³-hybridized carbons (Fsp3) is 0.185. The molecule has 1 saturated heterocycles. The summed E-state index contributed by atoms with van der Waals surface area (Å²) in [5.74, 6) is 0.00834. The van der Waals surface area contributed by atoms with Crippen LogP contribution < -0.4 is 0 Å². The van der Waals surface area contributed by atoms with E-state index in [0.29, 0.717) is 13.0 Å². The zero-order valence-corrected chi connectivity index (χ0v) is 17.6. The Bertz CT molecular complexity index is 1310. The number of hydrogen-bond acceptors (Lipinski definition) is 2. The Balaban J connectivity index is 1.46. The fourth-order valence-corrected chi connectivity index (χ4v) is 5.24. The summed E-state index contributed by atoms with van der Waals surface area (Å²) in [7, 11) is 0. The first-order valence-electron chi connectivity index (χ1n) is 11.0. The molecule has 0 radical (unpaired) electrons. The second-order valence-corrected chi connectivity index (χ2v) is 8.58. The molecule has 0 aliphatic carbocycles. The van der Waals surface area contributed by atoms with Crippen LogP contribution in [-0.4, -0.2) is 39.2 Å². The van der Waals surface area contributed by atoms with Gasteiger partial charge in [0.1, 0.15) is 12.6 Å². The second-order valence-electron chi connectivity index (χ2n) is 8.58. The van der Waals surface area contributed by atoms with Crippen molar-refractivity contribution in [3.05, 3.63) is 107 Å². The van der Waals surface area contributed by atoms with Gasteiger partial charge in [-0.25, -0.2) is 0 Å². The first-order chi connectivity index (χ1) is 15.7. The normalized spacial score (nSPS) is 20.4. The van der Waals surface area contributed by atoms with E-state index in [4.69, 9.17) is 0 Å². The van der Waals surface area contributed by atoms with E-state index in [1.54, 1.807) is 4.90 Å². The number of hydrogen-bond donors (Lipinski definition) is 1. The number of aromatic nitrogens is 1. The van der Waals surface area contributed by atoms with Crippen LogP contribution in [0.15, 0.2) is 84.9 Å². The molecule has 2 atom stereocenters. The zero-order valence-electron chi connectivity index (χ0n) is 17.6. The lowest BCUT2D eigenvalue weighted by Crippen LogP contribution is -2.62. The van der Waals surface area contributed by atoms with Gasteiger partial charge in [-0.3, -0.25) is 9.59 Å². The molecule has 2 unspecified atom stereocenters. The maximum Gasteiger partial charge on any atom is 0.246 e. The van der Waals surface area contributed by atoms with Crippen LogP contribution in [0.3, 0.4) is 0 Å². The fourth-order valence-electron chi connectivity index (χ4n) is 5.24. The standard InChI is InChI=1S/C27H23N3O2/c31-24-17-29(16-18-9-3-1-4-10-18)27(32)23-15-21-20-13-7-8-14-22(20)28-25(21)26(30(23)24)19-11-5-2-6-12-19/h1-14,23,26,28H,15-17H2. The van der Waals surface area contributed by atoms with Crippen LogP contribution in [0.2, 0.25) is 0 Å². The summed E-state index contributed by atoms with van der Waals surface area (Å²) >= 11 is 0. The lowest BCUT2D eigenvalue weighted by molar-refractivity contribution is -0.159. The van der Waals surface area contributed by atoms with Gasteiger partial charge in [-0.05, 0) is 22.8 Å². The average molecular weight is 422 g/mol. The molecule has 2 aliphatic heterocycles. The molecule has 2 aliphatic rings. The Hall–Kier alpha value is -3.86. The van der Waals surface area contributed by atoms with Crippen molar-refractivity contribution in [1.82, 2.24) is 14.8 Å². The van der Waals surface area contributed by atoms with E-state index in [2.05, 4.69) is 17.1 Å². The molecule has 5 heteroatoms. The molecule has 5 nitrogen and oxygen atoms in total. The molecule has 0 saturated carbocycles. The van der Waals surface area contributed by atoms with Gasteiger partial charge in [0.05, 0.1) is 6.04 Å². The van der Waals surface area contributed by atoms with Gasteiger partial charge < -0.3 is 14.8 Å².